The predicted octanol–water partition coefficient (Wildman–Crippen LogP) is 1.25. The zero-order valence-corrected chi connectivity index (χ0v) is 11.9. The van der Waals surface area contributed by atoms with Gasteiger partial charge in [0.25, 0.3) is 0 Å². The molecular formula is C17H12N2O4. The number of carbonyl (C=O) groups is 4. The van der Waals surface area contributed by atoms with Gasteiger partial charge in [0.05, 0.1) is 0 Å². The zero-order chi connectivity index (χ0) is 16.6. The van der Waals surface area contributed by atoms with E-state index in [1.54, 1.807) is 24.3 Å². The SMILES string of the molecule is NC(=O)c1cccc(C(=O)c2ccc3c(c2)NC(=O)C3C=O)c1. The van der Waals surface area contributed by atoms with Gasteiger partial charge >= 0.3 is 0 Å². The minimum absolute atomic E-state index is 0.242. The molecule has 0 fully saturated rings. The van der Waals surface area contributed by atoms with Crippen LogP contribution in [0.5, 0.6) is 0 Å². The van der Waals surface area contributed by atoms with Gasteiger partial charge in [-0.2, -0.15) is 0 Å². The molecule has 0 saturated carbocycles. The maximum Gasteiger partial charge on any atom is 0.248 e. The molecular weight excluding hydrogens is 296 g/mol. The summed E-state index contributed by atoms with van der Waals surface area (Å²) >= 11 is 0. The largest absolute Gasteiger partial charge is 0.366 e. The first-order chi connectivity index (χ1) is 11.0. The molecule has 1 atom stereocenters. The van der Waals surface area contributed by atoms with Gasteiger partial charge in [0.1, 0.15) is 12.2 Å². The molecule has 1 aliphatic rings. The molecule has 1 heterocycles. The Kier molecular flexibility index (Phi) is 3.50. The van der Waals surface area contributed by atoms with Crippen LogP contribution in [0.25, 0.3) is 0 Å². The molecule has 3 rings (SSSR count). The third-order valence-electron chi connectivity index (χ3n) is 3.74. The van der Waals surface area contributed by atoms with E-state index in [2.05, 4.69) is 5.32 Å². The first-order valence-corrected chi connectivity index (χ1v) is 6.86. The van der Waals surface area contributed by atoms with E-state index in [4.69, 9.17) is 5.73 Å². The molecule has 2 amide bonds. The normalized spacial score (nSPS) is 15.7. The van der Waals surface area contributed by atoms with Crippen LogP contribution in [0.3, 0.4) is 0 Å². The Balaban J connectivity index is 1.97. The molecule has 0 bridgehead atoms. The highest BCUT2D eigenvalue weighted by molar-refractivity contribution is 6.14. The summed E-state index contributed by atoms with van der Waals surface area (Å²) in [7, 11) is 0. The van der Waals surface area contributed by atoms with E-state index in [1.807, 2.05) is 0 Å². The number of benzene rings is 2. The van der Waals surface area contributed by atoms with Crippen LogP contribution >= 0.6 is 0 Å². The van der Waals surface area contributed by atoms with Crippen LogP contribution in [-0.4, -0.2) is 23.9 Å². The molecule has 6 nitrogen and oxygen atoms in total. The maximum atomic E-state index is 12.5. The number of nitrogens with two attached hydrogens (primary N) is 1. The Morgan fingerprint density at radius 3 is 2.43 bits per heavy atom. The lowest BCUT2D eigenvalue weighted by atomic mass is 9.96. The van der Waals surface area contributed by atoms with Crippen LogP contribution in [0, 0.1) is 0 Å². The molecule has 0 saturated heterocycles. The second-order valence-electron chi connectivity index (χ2n) is 5.18. The molecule has 0 aliphatic carbocycles. The Morgan fingerprint density at radius 2 is 1.74 bits per heavy atom. The van der Waals surface area contributed by atoms with Crippen molar-refractivity contribution in [2.45, 2.75) is 5.92 Å². The van der Waals surface area contributed by atoms with Gasteiger partial charge in [-0.25, -0.2) is 0 Å². The molecule has 1 aliphatic heterocycles. The van der Waals surface area contributed by atoms with Crippen molar-refractivity contribution in [3.63, 3.8) is 0 Å². The number of rotatable bonds is 4. The highest BCUT2D eigenvalue weighted by Crippen LogP contribution is 2.32. The average molecular weight is 308 g/mol. The van der Waals surface area contributed by atoms with Crippen molar-refractivity contribution in [3.05, 3.63) is 64.7 Å². The summed E-state index contributed by atoms with van der Waals surface area (Å²) in [5, 5.41) is 2.58. The number of hydrogen-bond acceptors (Lipinski definition) is 4. The zero-order valence-electron chi connectivity index (χ0n) is 11.9. The number of hydrogen-bond donors (Lipinski definition) is 2. The molecule has 1 unspecified atom stereocenters. The van der Waals surface area contributed by atoms with Gasteiger partial charge in [0.15, 0.2) is 5.78 Å². The monoisotopic (exact) mass is 308 g/mol. The van der Waals surface area contributed by atoms with Crippen molar-refractivity contribution in [3.8, 4) is 0 Å². The van der Waals surface area contributed by atoms with Crippen LogP contribution in [0.15, 0.2) is 42.5 Å². The Morgan fingerprint density at radius 1 is 1.04 bits per heavy atom. The van der Waals surface area contributed by atoms with Gasteiger partial charge in [-0.3, -0.25) is 14.4 Å². The first-order valence-electron chi connectivity index (χ1n) is 6.86. The standard InChI is InChI=1S/C17H12N2O4/c18-16(22)11-3-1-2-9(6-11)15(21)10-4-5-12-13(8-20)17(23)19-14(12)7-10/h1-8,13H,(H2,18,22)(H,19,23). The molecule has 114 valence electrons. The molecule has 2 aromatic rings. The number of nitrogens with one attached hydrogen (secondary N) is 1. The van der Waals surface area contributed by atoms with E-state index in [9.17, 15) is 19.2 Å². The van der Waals surface area contributed by atoms with Gasteiger partial charge in [0.2, 0.25) is 11.8 Å². The molecule has 23 heavy (non-hydrogen) atoms. The van der Waals surface area contributed by atoms with Crippen molar-refractivity contribution in [2.75, 3.05) is 5.32 Å². The van der Waals surface area contributed by atoms with E-state index < -0.39 is 17.7 Å². The predicted molar refractivity (Wildman–Crippen MR) is 82.3 cm³/mol. The van der Waals surface area contributed by atoms with E-state index in [0.717, 1.165) is 0 Å². The summed E-state index contributed by atoms with van der Waals surface area (Å²) in [5.74, 6) is -2.17. The van der Waals surface area contributed by atoms with Gasteiger partial charge in [-0.05, 0) is 23.8 Å². The smallest absolute Gasteiger partial charge is 0.248 e. The molecule has 0 aromatic heterocycles. The number of aldehydes is 1. The van der Waals surface area contributed by atoms with Crippen LogP contribution in [0.1, 0.15) is 37.8 Å². The third kappa shape index (κ3) is 2.50. The maximum absolute atomic E-state index is 12.5. The van der Waals surface area contributed by atoms with E-state index in [-0.39, 0.29) is 11.3 Å². The number of amides is 2. The second-order valence-corrected chi connectivity index (χ2v) is 5.18. The molecule has 0 radical (unpaired) electrons. The van der Waals surface area contributed by atoms with Crippen LogP contribution in [0.2, 0.25) is 0 Å². The van der Waals surface area contributed by atoms with Crippen LogP contribution in [-0.2, 0) is 9.59 Å². The first kappa shape index (κ1) is 14.6. The summed E-state index contributed by atoms with van der Waals surface area (Å²) in [5.41, 5.74) is 7.11. The summed E-state index contributed by atoms with van der Waals surface area (Å²) in [6.07, 6.45) is 0.568. The van der Waals surface area contributed by atoms with Crippen molar-refractivity contribution < 1.29 is 19.2 Å². The quantitative estimate of drug-likeness (QED) is 0.503. The fraction of sp³-hybridized carbons (Fsp3) is 0.0588. The molecule has 6 heteroatoms. The summed E-state index contributed by atoms with van der Waals surface area (Å²) < 4.78 is 0. The number of fused-ring (bicyclic) bond motifs is 1. The lowest BCUT2D eigenvalue weighted by Crippen LogP contribution is -2.12. The third-order valence-corrected chi connectivity index (χ3v) is 3.74. The van der Waals surface area contributed by atoms with Crippen LogP contribution in [0.4, 0.5) is 5.69 Å². The Bertz CT molecular complexity index is 857. The minimum atomic E-state index is -0.840. The Labute approximate surface area is 131 Å². The number of carbonyl (C=O) groups excluding carboxylic acids is 4. The van der Waals surface area contributed by atoms with E-state index in [1.165, 1.54) is 18.2 Å². The number of anilines is 1. The molecule has 3 N–H and O–H groups in total. The highest BCUT2D eigenvalue weighted by atomic mass is 16.2. The number of primary amides is 1. The van der Waals surface area contributed by atoms with Gasteiger partial charge in [-0.15, -0.1) is 0 Å². The van der Waals surface area contributed by atoms with Crippen LogP contribution < -0.4 is 11.1 Å². The average Bonchev–Trinajstić information content (AvgIpc) is 2.88. The summed E-state index contributed by atoms with van der Waals surface area (Å²) in [4.78, 5) is 46.3. The van der Waals surface area contributed by atoms with Crippen molar-refractivity contribution in [1.29, 1.82) is 0 Å². The summed E-state index contributed by atoms with van der Waals surface area (Å²) in [6, 6.07) is 10.8. The van der Waals surface area contributed by atoms with E-state index >= 15 is 0 Å². The summed E-state index contributed by atoms with van der Waals surface area (Å²) in [6.45, 7) is 0. The lowest BCUT2D eigenvalue weighted by Gasteiger charge is -2.06. The van der Waals surface area contributed by atoms with Gasteiger partial charge in [0, 0.05) is 22.4 Å². The van der Waals surface area contributed by atoms with Crippen molar-refractivity contribution in [1.82, 2.24) is 0 Å². The molecule has 0 spiro atoms. The molecule has 2 aromatic carbocycles. The minimum Gasteiger partial charge on any atom is -0.366 e. The van der Waals surface area contributed by atoms with Gasteiger partial charge < -0.3 is 15.8 Å². The fourth-order valence-corrected chi connectivity index (χ4v) is 2.54. The number of ketones is 1. The van der Waals surface area contributed by atoms with Crippen molar-refractivity contribution >= 4 is 29.6 Å². The topological polar surface area (TPSA) is 106 Å². The second kappa shape index (κ2) is 5.49. The van der Waals surface area contributed by atoms with E-state index in [0.29, 0.717) is 28.7 Å². The Hall–Kier alpha value is -3.28. The highest BCUT2D eigenvalue weighted by Gasteiger charge is 2.30. The van der Waals surface area contributed by atoms with Crippen molar-refractivity contribution in [2.24, 2.45) is 5.73 Å². The van der Waals surface area contributed by atoms with Gasteiger partial charge in [-0.1, -0.05) is 24.3 Å². The fourth-order valence-electron chi connectivity index (χ4n) is 2.54. The lowest BCUT2D eigenvalue weighted by molar-refractivity contribution is -0.121.